The Kier molecular flexibility index (Phi) is 12.6. The summed E-state index contributed by atoms with van der Waals surface area (Å²) in [6.45, 7) is 13.2. The predicted octanol–water partition coefficient (Wildman–Crippen LogP) is 3.66. The fourth-order valence-electron chi connectivity index (χ4n) is 2.77. The van der Waals surface area contributed by atoms with Crippen molar-refractivity contribution < 1.29 is 19.4 Å². The molecule has 1 aromatic rings. The molecule has 0 bridgehead atoms. The Hall–Kier alpha value is -1.90. The van der Waals surface area contributed by atoms with E-state index in [1.165, 1.54) is 0 Å². The molecular formula is C24H41N3O4S. The number of hydrogen-bond acceptors (Lipinski definition) is 7. The van der Waals surface area contributed by atoms with Crippen LogP contribution in [0.4, 0.5) is 4.79 Å². The van der Waals surface area contributed by atoms with Crippen molar-refractivity contribution in [2.75, 3.05) is 25.4 Å². The number of nitrogens with two attached hydrogens (primary N) is 1. The number of nitrogens with one attached hydrogen (secondary N) is 2. The van der Waals surface area contributed by atoms with Crippen molar-refractivity contribution in [3.05, 3.63) is 40.9 Å². The maximum Gasteiger partial charge on any atom is 0.407 e. The summed E-state index contributed by atoms with van der Waals surface area (Å²) in [7, 11) is 0. The van der Waals surface area contributed by atoms with Crippen molar-refractivity contribution in [1.82, 2.24) is 10.6 Å². The lowest BCUT2D eigenvalue weighted by Gasteiger charge is -2.27. The van der Waals surface area contributed by atoms with Crippen LogP contribution in [-0.4, -0.2) is 54.4 Å². The number of aliphatic hydroxyl groups excluding tert-OH is 1. The zero-order valence-electron chi connectivity index (χ0n) is 20.3. The first-order chi connectivity index (χ1) is 15.0. The molecule has 0 aliphatic rings. The second-order valence-electron chi connectivity index (χ2n) is 9.16. The van der Waals surface area contributed by atoms with Crippen LogP contribution in [0.25, 0.3) is 0 Å². The molecule has 0 aromatic heterocycles. The van der Waals surface area contributed by atoms with Crippen LogP contribution < -0.4 is 21.1 Å². The Morgan fingerprint density at radius 1 is 1.22 bits per heavy atom. The van der Waals surface area contributed by atoms with Gasteiger partial charge in [0.1, 0.15) is 18.0 Å². The van der Waals surface area contributed by atoms with E-state index in [9.17, 15) is 9.90 Å². The van der Waals surface area contributed by atoms with E-state index in [0.29, 0.717) is 36.9 Å². The molecule has 0 aliphatic carbocycles. The summed E-state index contributed by atoms with van der Waals surface area (Å²) in [5.74, 6) is 2.14. The Balaban J connectivity index is 2.76. The van der Waals surface area contributed by atoms with Gasteiger partial charge in [-0.3, -0.25) is 0 Å². The smallest absolute Gasteiger partial charge is 0.407 e. The molecule has 8 heteroatoms. The minimum atomic E-state index is -0.766. The van der Waals surface area contributed by atoms with Crippen molar-refractivity contribution >= 4 is 17.9 Å². The van der Waals surface area contributed by atoms with Gasteiger partial charge in [0.15, 0.2) is 0 Å². The molecule has 0 heterocycles. The number of carbonyl (C=O) groups excluding carboxylic acids is 1. The van der Waals surface area contributed by atoms with Crippen molar-refractivity contribution in [1.29, 1.82) is 0 Å². The quantitative estimate of drug-likeness (QED) is 0.351. The molecular weight excluding hydrogens is 426 g/mol. The second-order valence-corrected chi connectivity index (χ2v) is 10.3. The van der Waals surface area contributed by atoms with E-state index in [2.05, 4.69) is 31.4 Å². The molecule has 7 nitrogen and oxygen atoms in total. The first kappa shape index (κ1) is 28.1. The summed E-state index contributed by atoms with van der Waals surface area (Å²) in [6.07, 6.45) is -0.852. The largest absolute Gasteiger partial charge is 0.487 e. The number of thioether (sulfide) groups is 1. The summed E-state index contributed by atoms with van der Waals surface area (Å²) in [5.41, 5.74) is 6.95. The summed E-state index contributed by atoms with van der Waals surface area (Å²) in [4.78, 5) is 12.3. The minimum absolute atomic E-state index is 0.329. The van der Waals surface area contributed by atoms with Crippen LogP contribution in [0.15, 0.2) is 35.4 Å². The van der Waals surface area contributed by atoms with Gasteiger partial charge in [-0.25, -0.2) is 4.79 Å². The van der Waals surface area contributed by atoms with Gasteiger partial charge in [-0.2, -0.15) is 0 Å². The topological polar surface area (TPSA) is 106 Å². The zero-order chi connectivity index (χ0) is 24.1. The van der Waals surface area contributed by atoms with Crippen molar-refractivity contribution in [2.24, 2.45) is 11.7 Å². The second kappa shape index (κ2) is 14.3. The SMILES string of the molecule is CCS/C=C(\N)COc1ccc(CC(NC(=O)OC(C)(C)C)C(O)CNCC(C)C)cc1. The standard InChI is InChI=1S/C24H41N3O4S/c1-7-32-16-19(25)15-30-20-10-8-18(9-11-20)12-21(22(28)14-26-13-17(2)3)27-23(29)31-24(4,5)6/h8-11,16-17,21-22,26,28H,7,12-15,25H2,1-6H3,(H,27,29)/b19-16-. The van der Waals surface area contributed by atoms with Crippen molar-refractivity contribution in [3.63, 3.8) is 0 Å². The molecule has 2 unspecified atom stereocenters. The molecule has 0 spiro atoms. The summed E-state index contributed by atoms with van der Waals surface area (Å²) in [6, 6.07) is 7.08. The van der Waals surface area contributed by atoms with Gasteiger partial charge in [0, 0.05) is 6.54 Å². The lowest BCUT2D eigenvalue weighted by atomic mass is 10.0. The highest BCUT2D eigenvalue weighted by molar-refractivity contribution is 8.02. The van der Waals surface area contributed by atoms with Crippen LogP contribution in [0.5, 0.6) is 5.75 Å². The van der Waals surface area contributed by atoms with Gasteiger partial charge in [0.25, 0.3) is 0 Å². The Morgan fingerprint density at radius 2 is 1.88 bits per heavy atom. The number of alkyl carbamates (subject to hydrolysis) is 1. The summed E-state index contributed by atoms with van der Waals surface area (Å²) in [5, 5.41) is 18.7. The van der Waals surface area contributed by atoms with E-state index >= 15 is 0 Å². The first-order valence-corrected chi connectivity index (χ1v) is 12.2. The lowest BCUT2D eigenvalue weighted by molar-refractivity contribution is 0.0422. The number of ether oxygens (including phenoxy) is 2. The minimum Gasteiger partial charge on any atom is -0.487 e. The van der Waals surface area contributed by atoms with Crippen LogP contribution in [0.1, 0.15) is 47.1 Å². The van der Waals surface area contributed by atoms with Crippen LogP contribution in [0.2, 0.25) is 0 Å². The molecule has 5 N–H and O–H groups in total. The average molecular weight is 468 g/mol. The highest BCUT2D eigenvalue weighted by atomic mass is 32.2. The number of benzene rings is 1. The predicted molar refractivity (Wildman–Crippen MR) is 133 cm³/mol. The van der Waals surface area contributed by atoms with E-state index in [1.54, 1.807) is 11.8 Å². The molecule has 0 radical (unpaired) electrons. The van der Waals surface area contributed by atoms with Gasteiger partial charge in [-0.05, 0) is 68.5 Å². The molecule has 1 aromatic carbocycles. The van der Waals surface area contributed by atoms with Crippen LogP contribution >= 0.6 is 11.8 Å². The maximum atomic E-state index is 12.3. The lowest BCUT2D eigenvalue weighted by Crippen LogP contribution is -2.50. The number of aliphatic hydroxyl groups is 1. The number of hydrogen-bond donors (Lipinski definition) is 4. The average Bonchev–Trinajstić information content (AvgIpc) is 2.69. The Labute approximate surface area is 197 Å². The highest BCUT2D eigenvalue weighted by Gasteiger charge is 2.25. The Morgan fingerprint density at radius 3 is 2.44 bits per heavy atom. The van der Waals surface area contributed by atoms with Gasteiger partial charge in [-0.1, -0.05) is 32.9 Å². The van der Waals surface area contributed by atoms with Gasteiger partial charge >= 0.3 is 6.09 Å². The third kappa shape index (κ3) is 12.8. The fraction of sp³-hybridized carbons (Fsp3) is 0.625. The number of rotatable bonds is 13. The van der Waals surface area contributed by atoms with Gasteiger partial charge in [-0.15, -0.1) is 11.8 Å². The molecule has 1 rings (SSSR count). The molecule has 1 amide bonds. The van der Waals surface area contributed by atoms with E-state index in [0.717, 1.165) is 17.9 Å². The summed E-state index contributed by atoms with van der Waals surface area (Å²) >= 11 is 1.64. The molecule has 0 fully saturated rings. The van der Waals surface area contributed by atoms with Gasteiger partial charge in [0.05, 0.1) is 17.8 Å². The van der Waals surface area contributed by atoms with E-state index < -0.39 is 23.8 Å². The normalized spacial score (nSPS) is 14.2. The number of amides is 1. The highest BCUT2D eigenvalue weighted by Crippen LogP contribution is 2.16. The fourth-order valence-corrected chi connectivity index (χ4v) is 3.22. The van der Waals surface area contributed by atoms with Crippen molar-refractivity contribution in [2.45, 2.75) is 65.7 Å². The van der Waals surface area contributed by atoms with Gasteiger partial charge in [0.2, 0.25) is 0 Å². The maximum absolute atomic E-state index is 12.3. The Bertz CT molecular complexity index is 702. The number of carbonyl (C=O) groups is 1. The third-order valence-corrected chi connectivity index (χ3v) is 5.06. The first-order valence-electron chi connectivity index (χ1n) is 11.2. The zero-order valence-corrected chi connectivity index (χ0v) is 21.1. The van der Waals surface area contributed by atoms with Crippen LogP contribution in [-0.2, 0) is 11.2 Å². The third-order valence-electron chi connectivity index (χ3n) is 4.26. The summed E-state index contributed by atoms with van der Waals surface area (Å²) < 4.78 is 11.1. The monoisotopic (exact) mass is 467 g/mol. The van der Waals surface area contributed by atoms with Crippen LogP contribution in [0, 0.1) is 5.92 Å². The van der Waals surface area contributed by atoms with E-state index in [4.69, 9.17) is 15.2 Å². The van der Waals surface area contributed by atoms with E-state index in [1.807, 2.05) is 50.4 Å². The molecule has 2 atom stereocenters. The molecule has 32 heavy (non-hydrogen) atoms. The van der Waals surface area contributed by atoms with E-state index in [-0.39, 0.29) is 0 Å². The van der Waals surface area contributed by atoms with Crippen molar-refractivity contribution in [3.8, 4) is 5.75 Å². The molecule has 0 saturated carbocycles. The molecule has 182 valence electrons. The van der Waals surface area contributed by atoms with Crippen LogP contribution in [0.3, 0.4) is 0 Å². The molecule has 0 saturated heterocycles. The molecule has 0 aliphatic heterocycles. The van der Waals surface area contributed by atoms with Gasteiger partial charge < -0.3 is 30.9 Å².